The number of halogens is 2. The van der Waals surface area contributed by atoms with Crippen molar-refractivity contribution in [2.75, 3.05) is 18.1 Å². The first-order chi connectivity index (χ1) is 12.6. The predicted octanol–water partition coefficient (Wildman–Crippen LogP) is 4.15. The number of aliphatic hydroxyl groups excluding tert-OH is 1. The number of aromatic hydroxyl groups is 1. The molecule has 1 heterocycles. The van der Waals surface area contributed by atoms with Gasteiger partial charge < -0.3 is 15.1 Å². The van der Waals surface area contributed by atoms with Gasteiger partial charge in [0.05, 0.1) is 22.3 Å². The fourth-order valence-corrected chi connectivity index (χ4v) is 3.05. The quantitative estimate of drug-likeness (QED) is 0.662. The molecule has 0 saturated carbocycles. The van der Waals surface area contributed by atoms with Gasteiger partial charge in [-0.05, 0) is 29.8 Å². The number of aliphatic hydroxyl groups is 1. The lowest BCUT2D eigenvalue weighted by Crippen LogP contribution is -2.27. The Balaban J connectivity index is 1.85. The highest BCUT2D eigenvalue weighted by atomic mass is 35.5. The highest BCUT2D eigenvalue weighted by molar-refractivity contribution is 6.37. The molecule has 0 aliphatic rings. The fraction of sp³-hybridized carbons (Fsp3) is 0.158. The van der Waals surface area contributed by atoms with E-state index in [1.54, 1.807) is 18.2 Å². The number of phenols is 1. The van der Waals surface area contributed by atoms with Gasteiger partial charge in [0.1, 0.15) is 0 Å². The largest absolute Gasteiger partial charge is 0.505 e. The number of aromatic nitrogens is 2. The van der Waals surface area contributed by atoms with Gasteiger partial charge in [0.15, 0.2) is 11.6 Å². The van der Waals surface area contributed by atoms with Crippen molar-refractivity contribution in [3.8, 4) is 17.0 Å². The number of hydrogen-bond donors (Lipinski definition) is 2. The first kappa shape index (κ1) is 18.5. The van der Waals surface area contributed by atoms with Crippen LogP contribution in [0.3, 0.4) is 0 Å². The van der Waals surface area contributed by atoms with E-state index >= 15 is 0 Å². The number of anilines is 1. The third-order valence-corrected chi connectivity index (χ3v) is 4.45. The van der Waals surface area contributed by atoms with Gasteiger partial charge in [-0.25, -0.2) is 0 Å². The van der Waals surface area contributed by atoms with Gasteiger partial charge >= 0.3 is 0 Å². The average molecular weight is 390 g/mol. The summed E-state index contributed by atoms with van der Waals surface area (Å²) < 4.78 is 0. The Morgan fingerprint density at radius 2 is 1.62 bits per heavy atom. The lowest BCUT2D eigenvalue weighted by Gasteiger charge is -2.22. The van der Waals surface area contributed by atoms with Crippen molar-refractivity contribution in [3.63, 3.8) is 0 Å². The van der Waals surface area contributed by atoms with Crippen molar-refractivity contribution in [2.24, 2.45) is 0 Å². The fourth-order valence-electron chi connectivity index (χ4n) is 2.56. The van der Waals surface area contributed by atoms with Gasteiger partial charge in [-0.15, -0.1) is 10.2 Å². The second kappa shape index (κ2) is 8.36. The predicted molar refractivity (Wildman–Crippen MR) is 104 cm³/mol. The maximum atomic E-state index is 9.66. The summed E-state index contributed by atoms with van der Waals surface area (Å²) in [6.07, 6.45) is 0. The van der Waals surface area contributed by atoms with Crippen molar-refractivity contribution < 1.29 is 10.2 Å². The first-order valence-electron chi connectivity index (χ1n) is 8.00. The molecule has 26 heavy (non-hydrogen) atoms. The first-order valence-corrected chi connectivity index (χ1v) is 8.76. The molecular formula is C19H17Cl2N3O2. The zero-order valence-electron chi connectivity index (χ0n) is 13.8. The average Bonchev–Trinajstić information content (AvgIpc) is 2.66. The highest BCUT2D eigenvalue weighted by Gasteiger charge is 2.12. The number of hydrogen-bond acceptors (Lipinski definition) is 5. The standard InChI is InChI=1S/C19H17Cl2N3O2/c20-15-10-14(11-16(21)19(15)26)17-6-7-18(23-22-17)24(8-9-25)12-13-4-2-1-3-5-13/h1-7,10-11,25-26H,8-9,12H2. The maximum absolute atomic E-state index is 9.66. The lowest BCUT2D eigenvalue weighted by molar-refractivity contribution is 0.301. The second-order valence-corrected chi connectivity index (χ2v) is 6.51. The zero-order chi connectivity index (χ0) is 18.5. The van der Waals surface area contributed by atoms with Crippen LogP contribution in [-0.2, 0) is 6.54 Å². The molecule has 3 aromatic rings. The molecule has 0 bridgehead atoms. The summed E-state index contributed by atoms with van der Waals surface area (Å²) in [7, 11) is 0. The van der Waals surface area contributed by atoms with E-state index in [1.807, 2.05) is 41.3 Å². The molecule has 0 aliphatic carbocycles. The SMILES string of the molecule is OCCN(Cc1ccccc1)c1ccc(-c2cc(Cl)c(O)c(Cl)c2)nn1. The van der Waals surface area contributed by atoms with Crippen LogP contribution >= 0.6 is 23.2 Å². The molecule has 0 saturated heterocycles. The molecule has 2 aromatic carbocycles. The summed E-state index contributed by atoms with van der Waals surface area (Å²) in [4.78, 5) is 1.95. The molecule has 0 radical (unpaired) electrons. The Labute approximate surface area is 161 Å². The summed E-state index contributed by atoms with van der Waals surface area (Å²) in [5.41, 5.74) is 2.36. The van der Waals surface area contributed by atoms with Crippen molar-refractivity contribution in [1.29, 1.82) is 0 Å². The molecule has 7 heteroatoms. The van der Waals surface area contributed by atoms with Crippen LogP contribution in [0.5, 0.6) is 5.75 Å². The van der Waals surface area contributed by atoms with E-state index in [9.17, 15) is 10.2 Å². The van der Waals surface area contributed by atoms with E-state index in [2.05, 4.69) is 10.2 Å². The van der Waals surface area contributed by atoms with E-state index in [4.69, 9.17) is 23.2 Å². The molecule has 0 spiro atoms. The van der Waals surface area contributed by atoms with E-state index in [0.717, 1.165) is 5.56 Å². The summed E-state index contributed by atoms with van der Waals surface area (Å²) in [6.45, 7) is 1.07. The molecule has 0 fully saturated rings. The van der Waals surface area contributed by atoms with Gasteiger partial charge in [-0.2, -0.15) is 0 Å². The lowest BCUT2D eigenvalue weighted by atomic mass is 10.1. The van der Waals surface area contributed by atoms with E-state index in [0.29, 0.717) is 30.2 Å². The summed E-state index contributed by atoms with van der Waals surface area (Å²) in [5, 5.41) is 27.8. The molecule has 0 unspecified atom stereocenters. The van der Waals surface area contributed by atoms with E-state index in [1.165, 1.54) is 0 Å². The Bertz CT molecular complexity index is 851. The molecule has 0 amide bonds. The minimum Gasteiger partial charge on any atom is -0.505 e. The van der Waals surface area contributed by atoms with Crippen molar-refractivity contribution in [2.45, 2.75) is 6.54 Å². The van der Waals surface area contributed by atoms with Crippen LogP contribution in [-0.4, -0.2) is 33.6 Å². The molecule has 3 rings (SSSR count). The number of rotatable bonds is 6. The molecular weight excluding hydrogens is 373 g/mol. The molecule has 1 aromatic heterocycles. The van der Waals surface area contributed by atoms with Gasteiger partial charge in [0.2, 0.25) is 0 Å². The van der Waals surface area contributed by atoms with Crippen molar-refractivity contribution >= 4 is 29.0 Å². The van der Waals surface area contributed by atoms with Crippen LogP contribution in [0.25, 0.3) is 11.3 Å². The Morgan fingerprint density at radius 1 is 0.923 bits per heavy atom. The van der Waals surface area contributed by atoms with Gasteiger partial charge in [0, 0.05) is 18.7 Å². The van der Waals surface area contributed by atoms with Crippen LogP contribution < -0.4 is 4.90 Å². The minimum absolute atomic E-state index is 0.0133. The molecule has 2 N–H and O–H groups in total. The van der Waals surface area contributed by atoms with Crippen LogP contribution in [0, 0.1) is 0 Å². The Morgan fingerprint density at radius 3 is 2.19 bits per heavy atom. The van der Waals surface area contributed by atoms with E-state index < -0.39 is 0 Å². The molecule has 5 nitrogen and oxygen atoms in total. The third kappa shape index (κ3) is 4.25. The normalized spacial score (nSPS) is 10.7. The number of nitrogens with zero attached hydrogens (tertiary/aromatic N) is 3. The summed E-state index contributed by atoms with van der Waals surface area (Å²) in [5.74, 6) is 0.501. The highest BCUT2D eigenvalue weighted by Crippen LogP contribution is 2.35. The van der Waals surface area contributed by atoms with E-state index in [-0.39, 0.29) is 22.4 Å². The van der Waals surface area contributed by atoms with Crippen LogP contribution in [0.2, 0.25) is 10.0 Å². The van der Waals surface area contributed by atoms with Crippen LogP contribution in [0.1, 0.15) is 5.56 Å². The molecule has 0 aliphatic heterocycles. The third-order valence-electron chi connectivity index (χ3n) is 3.87. The minimum atomic E-state index is -0.154. The van der Waals surface area contributed by atoms with Crippen LogP contribution in [0.15, 0.2) is 54.6 Å². The van der Waals surface area contributed by atoms with Crippen molar-refractivity contribution in [3.05, 3.63) is 70.2 Å². The number of benzene rings is 2. The van der Waals surface area contributed by atoms with Crippen LogP contribution in [0.4, 0.5) is 5.82 Å². The Kier molecular flexibility index (Phi) is 5.93. The van der Waals surface area contributed by atoms with Gasteiger partial charge in [-0.1, -0.05) is 53.5 Å². The topological polar surface area (TPSA) is 69.5 Å². The monoisotopic (exact) mass is 389 g/mol. The van der Waals surface area contributed by atoms with Gasteiger partial charge in [0.25, 0.3) is 0 Å². The number of phenolic OH excluding ortho intramolecular Hbond substituents is 1. The zero-order valence-corrected chi connectivity index (χ0v) is 15.3. The maximum Gasteiger partial charge on any atom is 0.152 e. The second-order valence-electron chi connectivity index (χ2n) is 5.70. The van der Waals surface area contributed by atoms with Crippen molar-refractivity contribution in [1.82, 2.24) is 10.2 Å². The molecule has 134 valence electrons. The smallest absolute Gasteiger partial charge is 0.152 e. The molecule has 0 atom stereocenters. The summed E-state index contributed by atoms with van der Waals surface area (Å²) in [6, 6.07) is 16.7. The van der Waals surface area contributed by atoms with Gasteiger partial charge in [-0.3, -0.25) is 0 Å². The summed E-state index contributed by atoms with van der Waals surface area (Å²) >= 11 is 11.9. The Hall–Kier alpha value is -2.34.